The van der Waals surface area contributed by atoms with Gasteiger partial charge in [-0.1, -0.05) is 23.7 Å². The van der Waals surface area contributed by atoms with Gasteiger partial charge in [-0.2, -0.15) is 0 Å². The van der Waals surface area contributed by atoms with Crippen LogP contribution in [0.3, 0.4) is 0 Å². The van der Waals surface area contributed by atoms with Crippen molar-refractivity contribution < 1.29 is 18.9 Å². The van der Waals surface area contributed by atoms with Crippen LogP contribution in [0.15, 0.2) is 70.0 Å². The number of hydrogen-bond donors (Lipinski definition) is 0. The Kier molecular flexibility index (Phi) is 5.43. The Balaban J connectivity index is 1.50. The molecule has 0 aliphatic carbocycles. The average molecular weight is 441 g/mol. The van der Waals surface area contributed by atoms with Gasteiger partial charge in [-0.25, -0.2) is 0 Å². The minimum Gasteiger partial charge on any atom is -0.457 e. The van der Waals surface area contributed by atoms with Crippen molar-refractivity contribution in [2.75, 3.05) is 0 Å². The number of halogens is 1. The molecule has 7 nitrogen and oxygen atoms in total. The predicted molar refractivity (Wildman–Crippen MR) is 114 cm³/mol. The molecule has 0 unspecified atom stereocenters. The minimum absolute atomic E-state index is 0.0359. The van der Waals surface area contributed by atoms with Crippen LogP contribution in [0.25, 0.3) is 17.4 Å². The molecule has 0 spiro atoms. The lowest BCUT2D eigenvalue weighted by molar-refractivity contribution is -0.384. The maximum atomic E-state index is 12.7. The van der Waals surface area contributed by atoms with Gasteiger partial charge in [0, 0.05) is 28.8 Å². The first kappa shape index (κ1) is 19.9. The molecule has 4 rings (SSSR count). The quantitative estimate of drug-likeness (QED) is 0.285. The number of carbonyl (C=O) groups is 2. The van der Waals surface area contributed by atoms with Crippen LogP contribution in [0.5, 0.6) is 0 Å². The van der Waals surface area contributed by atoms with Gasteiger partial charge in [-0.05, 0) is 53.7 Å². The number of thioether (sulfide) groups is 1. The summed E-state index contributed by atoms with van der Waals surface area (Å²) in [5.74, 6) is 0.622. The zero-order valence-corrected chi connectivity index (χ0v) is 16.9. The average Bonchev–Trinajstić information content (AvgIpc) is 3.29. The highest BCUT2D eigenvalue weighted by atomic mass is 35.5. The molecule has 0 bridgehead atoms. The minimum atomic E-state index is -0.506. The van der Waals surface area contributed by atoms with Gasteiger partial charge < -0.3 is 4.42 Å². The largest absolute Gasteiger partial charge is 0.457 e. The van der Waals surface area contributed by atoms with Crippen LogP contribution >= 0.6 is 23.4 Å². The topological polar surface area (TPSA) is 93.7 Å². The van der Waals surface area contributed by atoms with Crippen molar-refractivity contribution in [3.05, 3.63) is 92.0 Å². The molecule has 1 aromatic heterocycles. The van der Waals surface area contributed by atoms with Gasteiger partial charge in [0.1, 0.15) is 11.5 Å². The smallest absolute Gasteiger partial charge is 0.293 e. The SMILES string of the molecule is O=C1S/C(=C/c2ccc(-c3ccc(Cl)cc3)o2)C(=O)N1Cc1ccc([N+](=O)[O-])cc1. The molecule has 3 aromatic rings. The van der Waals surface area contributed by atoms with Crippen LogP contribution in [0.4, 0.5) is 10.5 Å². The van der Waals surface area contributed by atoms with Crippen LogP contribution in [0.1, 0.15) is 11.3 Å². The zero-order valence-electron chi connectivity index (χ0n) is 15.3. The van der Waals surface area contributed by atoms with E-state index in [1.165, 1.54) is 30.3 Å². The molecule has 0 atom stereocenters. The molecule has 0 saturated carbocycles. The number of imide groups is 1. The van der Waals surface area contributed by atoms with Crippen molar-refractivity contribution in [1.82, 2.24) is 4.90 Å². The van der Waals surface area contributed by atoms with Crippen molar-refractivity contribution in [3.63, 3.8) is 0 Å². The molecule has 150 valence electrons. The van der Waals surface area contributed by atoms with Crippen molar-refractivity contribution in [3.8, 4) is 11.3 Å². The molecule has 1 fully saturated rings. The monoisotopic (exact) mass is 440 g/mol. The Morgan fingerprint density at radius 1 is 1.03 bits per heavy atom. The molecule has 2 aromatic carbocycles. The molecule has 0 radical (unpaired) electrons. The maximum absolute atomic E-state index is 12.7. The lowest BCUT2D eigenvalue weighted by Crippen LogP contribution is -2.27. The van der Waals surface area contributed by atoms with E-state index in [1.54, 1.807) is 24.3 Å². The number of non-ortho nitro benzene ring substituents is 1. The molecule has 2 amide bonds. The third-order valence-corrected chi connectivity index (χ3v) is 5.55. The van der Waals surface area contributed by atoms with Crippen LogP contribution in [-0.2, 0) is 11.3 Å². The molecule has 1 saturated heterocycles. The number of furan rings is 1. The Bertz CT molecular complexity index is 1170. The molecule has 1 aliphatic rings. The normalized spacial score (nSPS) is 15.2. The lowest BCUT2D eigenvalue weighted by Gasteiger charge is -2.12. The molecule has 9 heteroatoms. The highest BCUT2D eigenvalue weighted by Gasteiger charge is 2.35. The summed E-state index contributed by atoms with van der Waals surface area (Å²) in [5.41, 5.74) is 1.40. The summed E-state index contributed by atoms with van der Waals surface area (Å²) < 4.78 is 5.77. The van der Waals surface area contributed by atoms with Gasteiger partial charge in [0.05, 0.1) is 16.4 Å². The van der Waals surface area contributed by atoms with E-state index in [1.807, 2.05) is 12.1 Å². The molecule has 1 aliphatic heterocycles. The summed E-state index contributed by atoms with van der Waals surface area (Å²) in [6.45, 7) is 0.0359. The second-order valence-corrected chi connectivity index (χ2v) is 7.83. The zero-order chi connectivity index (χ0) is 21.3. The van der Waals surface area contributed by atoms with E-state index in [0.29, 0.717) is 22.1 Å². The van der Waals surface area contributed by atoms with E-state index in [9.17, 15) is 19.7 Å². The number of nitrogens with zero attached hydrogens (tertiary/aromatic N) is 2. The van der Waals surface area contributed by atoms with E-state index in [0.717, 1.165) is 22.2 Å². The Morgan fingerprint density at radius 2 is 1.73 bits per heavy atom. The van der Waals surface area contributed by atoms with E-state index in [4.69, 9.17) is 16.0 Å². The highest BCUT2D eigenvalue weighted by Crippen LogP contribution is 2.34. The van der Waals surface area contributed by atoms with Gasteiger partial charge in [-0.15, -0.1) is 0 Å². The highest BCUT2D eigenvalue weighted by molar-refractivity contribution is 8.18. The summed E-state index contributed by atoms with van der Waals surface area (Å²) in [6.07, 6.45) is 1.53. The van der Waals surface area contributed by atoms with E-state index >= 15 is 0 Å². The Hall–Kier alpha value is -3.36. The number of amides is 2. The van der Waals surface area contributed by atoms with E-state index < -0.39 is 16.1 Å². The van der Waals surface area contributed by atoms with E-state index in [2.05, 4.69) is 0 Å². The Morgan fingerprint density at radius 3 is 2.40 bits per heavy atom. The number of nitro benzene ring substituents is 1. The molecular weight excluding hydrogens is 428 g/mol. The van der Waals surface area contributed by atoms with Crippen molar-refractivity contribution in [2.24, 2.45) is 0 Å². The number of hydrogen-bond acceptors (Lipinski definition) is 6. The van der Waals surface area contributed by atoms with Gasteiger partial charge in [0.25, 0.3) is 16.8 Å². The lowest BCUT2D eigenvalue weighted by atomic mass is 10.2. The predicted octanol–water partition coefficient (Wildman–Crippen LogP) is 5.74. The summed E-state index contributed by atoms with van der Waals surface area (Å²) in [5, 5.41) is 11.0. The fourth-order valence-corrected chi connectivity index (χ4v) is 3.82. The third kappa shape index (κ3) is 4.14. The summed E-state index contributed by atoms with van der Waals surface area (Å²) >= 11 is 6.72. The summed E-state index contributed by atoms with van der Waals surface area (Å²) in [4.78, 5) is 36.6. The van der Waals surface area contributed by atoms with E-state index in [-0.39, 0.29) is 17.1 Å². The molecule has 0 N–H and O–H groups in total. The number of carbonyl (C=O) groups excluding carboxylic acids is 2. The molecule has 30 heavy (non-hydrogen) atoms. The second kappa shape index (κ2) is 8.17. The van der Waals surface area contributed by atoms with Crippen LogP contribution in [0.2, 0.25) is 5.02 Å². The second-order valence-electron chi connectivity index (χ2n) is 6.40. The van der Waals surface area contributed by atoms with Crippen LogP contribution < -0.4 is 0 Å². The Labute approximate surface area is 180 Å². The van der Waals surface area contributed by atoms with Crippen molar-refractivity contribution in [2.45, 2.75) is 6.54 Å². The standard InChI is InChI=1S/C21H13ClN2O5S/c22-15-5-3-14(4-6-15)18-10-9-17(29-18)11-19-20(25)23(21(26)30-19)12-13-1-7-16(8-2-13)24(27)28/h1-11H,12H2/b19-11+. The summed E-state index contributed by atoms with van der Waals surface area (Å²) in [6, 6.07) is 16.4. The van der Waals surface area contributed by atoms with Crippen molar-refractivity contribution in [1.29, 1.82) is 0 Å². The van der Waals surface area contributed by atoms with Gasteiger partial charge in [-0.3, -0.25) is 24.6 Å². The van der Waals surface area contributed by atoms with Crippen molar-refractivity contribution >= 4 is 46.3 Å². The number of rotatable bonds is 5. The first-order valence-electron chi connectivity index (χ1n) is 8.75. The fraction of sp³-hybridized carbons (Fsp3) is 0.0476. The number of nitro groups is 1. The van der Waals surface area contributed by atoms with Gasteiger partial charge in [0.15, 0.2) is 0 Å². The third-order valence-electron chi connectivity index (χ3n) is 4.39. The first-order valence-corrected chi connectivity index (χ1v) is 9.94. The maximum Gasteiger partial charge on any atom is 0.293 e. The number of benzene rings is 2. The molecule has 2 heterocycles. The first-order chi connectivity index (χ1) is 14.4. The van der Waals surface area contributed by atoms with Gasteiger partial charge in [0.2, 0.25) is 0 Å². The van der Waals surface area contributed by atoms with Gasteiger partial charge >= 0.3 is 0 Å². The molecular formula is C21H13ClN2O5S. The fourth-order valence-electron chi connectivity index (χ4n) is 2.87. The van der Waals surface area contributed by atoms with Crippen LogP contribution in [-0.4, -0.2) is 21.0 Å². The summed E-state index contributed by atoms with van der Waals surface area (Å²) in [7, 11) is 0. The van der Waals surface area contributed by atoms with Crippen LogP contribution in [0, 0.1) is 10.1 Å².